The molecule has 0 saturated heterocycles. The summed E-state index contributed by atoms with van der Waals surface area (Å²) in [5.74, 6) is 0.0488. The molecule has 2 rings (SSSR count). The fraction of sp³-hybridized carbons (Fsp3) is 0.263. The van der Waals surface area contributed by atoms with Crippen LogP contribution < -0.4 is 5.32 Å². The Morgan fingerprint density at radius 3 is 2.38 bits per heavy atom. The van der Waals surface area contributed by atoms with Gasteiger partial charge in [0.05, 0.1) is 18.4 Å². The van der Waals surface area contributed by atoms with Crippen LogP contribution in [0.15, 0.2) is 54.6 Å². The number of methoxy groups -OCH3 is 1. The molecule has 0 aromatic heterocycles. The molecular weight excluding hydrogens is 322 g/mol. The van der Waals surface area contributed by atoms with Gasteiger partial charge in [-0.3, -0.25) is 4.79 Å². The fourth-order valence-electron chi connectivity index (χ4n) is 2.15. The molecule has 126 valence electrons. The van der Waals surface area contributed by atoms with Crippen LogP contribution in [0.25, 0.3) is 0 Å². The van der Waals surface area contributed by atoms with Gasteiger partial charge in [0.1, 0.15) is 0 Å². The highest BCUT2D eigenvalue weighted by molar-refractivity contribution is 8.00. The minimum absolute atomic E-state index is 0.000162. The Balaban J connectivity index is 1.76. The Bertz CT molecular complexity index is 671. The van der Waals surface area contributed by atoms with E-state index < -0.39 is 0 Å². The van der Waals surface area contributed by atoms with E-state index in [1.165, 1.54) is 12.7 Å². The number of carbonyl (C=O) groups excluding carboxylic acids is 2. The second-order valence-electron chi connectivity index (χ2n) is 5.33. The van der Waals surface area contributed by atoms with Crippen molar-refractivity contribution in [3.05, 3.63) is 71.3 Å². The van der Waals surface area contributed by atoms with Crippen molar-refractivity contribution in [2.45, 2.75) is 18.7 Å². The lowest BCUT2D eigenvalue weighted by atomic mass is 10.1. The van der Waals surface area contributed by atoms with E-state index in [-0.39, 0.29) is 17.1 Å². The quantitative estimate of drug-likeness (QED) is 0.781. The number of benzene rings is 2. The average Bonchev–Trinajstić information content (AvgIpc) is 2.64. The summed E-state index contributed by atoms with van der Waals surface area (Å²) in [7, 11) is 1.35. The summed E-state index contributed by atoms with van der Waals surface area (Å²) in [4.78, 5) is 23.3. The lowest BCUT2D eigenvalue weighted by Crippen LogP contribution is -2.24. The van der Waals surface area contributed by atoms with Crippen LogP contribution in [-0.4, -0.2) is 24.7 Å². The van der Waals surface area contributed by atoms with Crippen molar-refractivity contribution in [1.82, 2.24) is 5.32 Å². The lowest BCUT2D eigenvalue weighted by molar-refractivity contribution is -0.118. The average molecular weight is 343 g/mol. The van der Waals surface area contributed by atoms with E-state index in [0.29, 0.717) is 17.9 Å². The van der Waals surface area contributed by atoms with Crippen LogP contribution in [0.2, 0.25) is 0 Å². The molecule has 24 heavy (non-hydrogen) atoms. The number of hydrogen-bond donors (Lipinski definition) is 1. The van der Waals surface area contributed by atoms with E-state index in [1.807, 2.05) is 30.3 Å². The van der Waals surface area contributed by atoms with Gasteiger partial charge in [0, 0.05) is 11.8 Å². The molecule has 4 nitrogen and oxygen atoms in total. The molecule has 0 aliphatic carbocycles. The molecule has 1 atom stereocenters. The van der Waals surface area contributed by atoms with Crippen molar-refractivity contribution in [3.8, 4) is 0 Å². The minimum atomic E-state index is -0.364. The zero-order chi connectivity index (χ0) is 17.4. The predicted octanol–water partition coefficient (Wildman–Crippen LogP) is 3.58. The molecule has 2 aromatic rings. The molecule has 5 heteroatoms. The molecule has 0 radical (unpaired) electrons. The molecule has 0 unspecified atom stereocenters. The summed E-state index contributed by atoms with van der Waals surface area (Å²) in [6.07, 6.45) is 0. The van der Waals surface area contributed by atoms with Crippen LogP contribution >= 0.6 is 11.8 Å². The van der Waals surface area contributed by atoms with Gasteiger partial charge in [0.15, 0.2) is 0 Å². The van der Waals surface area contributed by atoms with Crippen molar-refractivity contribution in [3.63, 3.8) is 0 Å². The van der Waals surface area contributed by atoms with E-state index in [4.69, 9.17) is 0 Å². The van der Waals surface area contributed by atoms with Crippen LogP contribution in [0.5, 0.6) is 0 Å². The molecule has 0 spiro atoms. The molecule has 2 aromatic carbocycles. The van der Waals surface area contributed by atoms with Gasteiger partial charge in [-0.1, -0.05) is 42.5 Å². The monoisotopic (exact) mass is 343 g/mol. The minimum Gasteiger partial charge on any atom is -0.465 e. The maximum absolute atomic E-state index is 12.0. The van der Waals surface area contributed by atoms with Crippen LogP contribution in [0.3, 0.4) is 0 Å². The first-order chi connectivity index (χ1) is 11.6. The first kappa shape index (κ1) is 18.1. The van der Waals surface area contributed by atoms with Gasteiger partial charge >= 0.3 is 5.97 Å². The highest BCUT2D eigenvalue weighted by atomic mass is 32.2. The number of amides is 1. The predicted molar refractivity (Wildman–Crippen MR) is 96.9 cm³/mol. The standard InChI is InChI=1S/C19H21NO3S/c1-14(16-6-4-3-5-7-16)24-13-18(21)20-12-15-8-10-17(11-9-15)19(22)23-2/h3-11,14H,12-13H2,1-2H3,(H,20,21)/t14-/m0/s1. The molecule has 0 saturated carbocycles. The van der Waals surface area contributed by atoms with Crippen molar-refractivity contribution in [1.29, 1.82) is 0 Å². The zero-order valence-electron chi connectivity index (χ0n) is 13.8. The molecule has 1 amide bonds. The third-order valence-corrected chi connectivity index (χ3v) is 4.80. The highest BCUT2D eigenvalue weighted by Gasteiger charge is 2.09. The summed E-state index contributed by atoms with van der Waals surface area (Å²) in [6, 6.07) is 17.1. The molecule has 0 bridgehead atoms. The Kier molecular flexibility index (Phi) is 6.88. The van der Waals surface area contributed by atoms with Crippen LogP contribution in [0.4, 0.5) is 0 Å². The van der Waals surface area contributed by atoms with Gasteiger partial charge in [-0.2, -0.15) is 0 Å². The van der Waals surface area contributed by atoms with E-state index in [1.54, 1.807) is 23.9 Å². The number of nitrogens with one attached hydrogen (secondary N) is 1. The number of hydrogen-bond acceptors (Lipinski definition) is 4. The second kappa shape index (κ2) is 9.13. The first-order valence-corrected chi connectivity index (χ1v) is 8.75. The van der Waals surface area contributed by atoms with Crippen molar-refractivity contribution in [2.24, 2.45) is 0 Å². The van der Waals surface area contributed by atoms with Crippen molar-refractivity contribution >= 4 is 23.6 Å². The van der Waals surface area contributed by atoms with Gasteiger partial charge in [-0.25, -0.2) is 4.79 Å². The lowest BCUT2D eigenvalue weighted by Gasteiger charge is -2.11. The highest BCUT2D eigenvalue weighted by Crippen LogP contribution is 2.27. The topological polar surface area (TPSA) is 55.4 Å². The molecule has 0 fully saturated rings. The van der Waals surface area contributed by atoms with E-state index in [2.05, 4.69) is 29.1 Å². The van der Waals surface area contributed by atoms with E-state index in [0.717, 1.165) is 5.56 Å². The van der Waals surface area contributed by atoms with Crippen molar-refractivity contribution < 1.29 is 14.3 Å². The number of ether oxygens (including phenoxy) is 1. The number of esters is 1. The Labute approximate surface area is 146 Å². The number of carbonyl (C=O) groups is 2. The fourth-order valence-corrected chi connectivity index (χ4v) is 3.00. The summed E-state index contributed by atoms with van der Waals surface area (Å²) >= 11 is 1.61. The Hall–Kier alpha value is -2.27. The van der Waals surface area contributed by atoms with Gasteiger partial charge in [0.2, 0.25) is 5.91 Å². The molecule has 1 N–H and O–H groups in total. The Morgan fingerprint density at radius 2 is 1.75 bits per heavy atom. The molecule has 0 aliphatic heterocycles. The van der Waals surface area contributed by atoms with Gasteiger partial charge in [-0.15, -0.1) is 11.8 Å². The molecule has 0 aliphatic rings. The van der Waals surface area contributed by atoms with Crippen LogP contribution in [-0.2, 0) is 16.1 Å². The van der Waals surface area contributed by atoms with Crippen molar-refractivity contribution in [2.75, 3.05) is 12.9 Å². The van der Waals surface area contributed by atoms with E-state index in [9.17, 15) is 9.59 Å². The SMILES string of the molecule is COC(=O)c1ccc(CNC(=O)CS[C@@H](C)c2ccccc2)cc1. The summed E-state index contributed by atoms with van der Waals surface area (Å²) in [6.45, 7) is 2.54. The number of rotatable bonds is 7. The zero-order valence-corrected chi connectivity index (χ0v) is 14.6. The maximum atomic E-state index is 12.0. The summed E-state index contributed by atoms with van der Waals surface area (Å²) in [5.41, 5.74) is 2.66. The molecular formula is C19H21NO3S. The van der Waals surface area contributed by atoms with Crippen LogP contribution in [0.1, 0.15) is 33.7 Å². The second-order valence-corrected chi connectivity index (χ2v) is 6.66. The smallest absolute Gasteiger partial charge is 0.337 e. The van der Waals surface area contributed by atoms with Gasteiger partial charge in [0.25, 0.3) is 0 Å². The number of thioether (sulfide) groups is 1. The van der Waals surface area contributed by atoms with Gasteiger partial charge in [-0.05, 0) is 30.2 Å². The largest absolute Gasteiger partial charge is 0.465 e. The normalized spacial score (nSPS) is 11.6. The summed E-state index contributed by atoms with van der Waals surface area (Å²) in [5, 5.41) is 3.17. The van der Waals surface area contributed by atoms with Gasteiger partial charge < -0.3 is 10.1 Å². The van der Waals surface area contributed by atoms with Crippen LogP contribution in [0, 0.1) is 0 Å². The Morgan fingerprint density at radius 1 is 1.08 bits per heavy atom. The first-order valence-electron chi connectivity index (χ1n) is 7.70. The molecule has 0 heterocycles. The third-order valence-electron chi connectivity index (χ3n) is 3.60. The third kappa shape index (κ3) is 5.42. The summed E-state index contributed by atoms with van der Waals surface area (Å²) < 4.78 is 4.65. The van der Waals surface area contributed by atoms with E-state index >= 15 is 0 Å². The maximum Gasteiger partial charge on any atom is 0.337 e.